The summed E-state index contributed by atoms with van der Waals surface area (Å²) >= 11 is 5.87. The summed E-state index contributed by atoms with van der Waals surface area (Å²) in [6.07, 6.45) is 0. The zero-order valence-corrected chi connectivity index (χ0v) is 22.0. The van der Waals surface area contributed by atoms with Gasteiger partial charge in [-0.25, -0.2) is 0 Å². The van der Waals surface area contributed by atoms with Crippen molar-refractivity contribution in [3.63, 3.8) is 0 Å². The predicted octanol–water partition coefficient (Wildman–Crippen LogP) is 5.81. The maximum atomic E-state index is 14.1. The first-order chi connectivity index (χ1) is 17.2. The summed E-state index contributed by atoms with van der Waals surface area (Å²) in [6, 6.07) is 19.5. The lowest BCUT2D eigenvalue weighted by Gasteiger charge is -2.56. The molecule has 2 heterocycles. The van der Waals surface area contributed by atoms with E-state index >= 15 is 0 Å². The smallest absolute Gasteiger partial charge is 0.236 e. The van der Waals surface area contributed by atoms with E-state index in [1.54, 1.807) is 0 Å². The Labute approximate surface area is 217 Å². The van der Waals surface area contributed by atoms with Gasteiger partial charge in [0.1, 0.15) is 5.92 Å². The topological polar surface area (TPSA) is 62.8 Å². The van der Waals surface area contributed by atoms with Gasteiger partial charge in [-0.1, -0.05) is 42.0 Å². The molecule has 0 radical (unpaired) electrons. The Kier molecular flexibility index (Phi) is 6.12. The molecule has 5 rings (SSSR count). The molecule has 1 saturated heterocycles. The van der Waals surface area contributed by atoms with Gasteiger partial charge in [-0.15, -0.1) is 0 Å². The first-order valence-corrected chi connectivity index (χ1v) is 12.6. The molecule has 2 aliphatic heterocycles. The summed E-state index contributed by atoms with van der Waals surface area (Å²) in [5.74, 6) is 0.526. The largest absolute Gasteiger partial charge is 0.490 e. The van der Waals surface area contributed by atoms with E-state index in [0.29, 0.717) is 23.2 Å². The highest BCUT2D eigenvalue weighted by atomic mass is 32.1. The van der Waals surface area contributed by atoms with E-state index in [1.165, 1.54) is 0 Å². The molecule has 3 atom stereocenters. The molecule has 3 aromatic rings. The normalized spacial score (nSPS) is 22.2. The third-order valence-corrected chi connectivity index (χ3v) is 7.27. The van der Waals surface area contributed by atoms with Gasteiger partial charge in [0.25, 0.3) is 0 Å². The standard InChI is InChI=1S/C29H31N3O3S/c1-6-34-23-12-8-11-21-25-24(27(33)30-22-14-13-18(3)15-19(22)4)29(5,35-26(21)23)32(28(36)31-25)20-10-7-9-17(2)16-20/h7-16,24-25H,6H2,1-5H3,(H,30,33)(H,31,36)/t24-,25-,29-/m0/s1. The highest BCUT2D eigenvalue weighted by Gasteiger charge is 2.59. The summed E-state index contributed by atoms with van der Waals surface area (Å²) in [5, 5.41) is 7.15. The third kappa shape index (κ3) is 3.97. The molecule has 186 valence electrons. The molecule has 36 heavy (non-hydrogen) atoms. The second kappa shape index (κ2) is 9.13. The lowest BCUT2D eigenvalue weighted by atomic mass is 9.78. The van der Waals surface area contributed by atoms with Crippen LogP contribution < -0.4 is 25.0 Å². The molecule has 1 amide bonds. The highest BCUT2D eigenvalue weighted by molar-refractivity contribution is 7.80. The summed E-state index contributed by atoms with van der Waals surface area (Å²) in [6.45, 7) is 10.5. The van der Waals surface area contributed by atoms with Crippen LogP contribution in [0.3, 0.4) is 0 Å². The Morgan fingerprint density at radius 1 is 1.11 bits per heavy atom. The van der Waals surface area contributed by atoms with Crippen molar-refractivity contribution in [3.05, 3.63) is 82.9 Å². The average molecular weight is 502 g/mol. The fourth-order valence-corrected chi connectivity index (χ4v) is 5.77. The van der Waals surface area contributed by atoms with Crippen LogP contribution in [0.4, 0.5) is 11.4 Å². The predicted molar refractivity (Wildman–Crippen MR) is 147 cm³/mol. The number of carbonyl (C=O) groups excluding carboxylic acids is 1. The summed E-state index contributed by atoms with van der Waals surface area (Å²) in [5.41, 5.74) is 4.62. The fraction of sp³-hybridized carbons (Fsp3) is 0.310. The van der Waals surface area contributed by atoms with Crippen molar-refractivity contribution in [1.29, 1.82) is 0 Å². The van der Waals surface area contributed by atoms with Crippen molar-refractivity contribution in [1.82, 2.24) is 5.32 Å². The molecule has 1 fully saturated rings. The van der Waals surface area contributed by atoms with E-state index in [1.807, 2.05) is 94.1 Å². The number of thiocarbonyl (C=S) groups is 1. The van der Waals surface area contributed by atoms with E-state index in [-0.39, 0.29) is 5.91 Å². The zero-order valence-electron chi connectivity index (χ0n) is 21.2. The summed E-state index contributed by atoms with van der Waals surface area (Å²) in [4.78, 5) is 16.0. The van der Waals surface area contributed by atoms with Crippen molar-refractivity contribution in [2.75, 3.05) is 16.8 Å². The Morgan fingerprint density at radius 2 is 1.86 bits per heavy atom. The number of amides is 1. The molecule has 3 aromatic carbocycles. The van der Waals surface area contributed by atoms with Crippen LogP contribution in [0, 0.1) is 26.7 Å². The number of rotatable bonds is 5. The van der Waals surface area contributed by atoms with Gasteiger partial charge >= 0.3 is 0 Å². The average Bonchev–Trinajstić information content (AvgIpc) is 2.81. The quantitative estimate of drug-likeness (QED) is 0.430. The number of fused-ring (bicyclic) bond motifs is 4. The number of para-hydroxylation sites is 1. The van der Waals surface area contributed by atoms with Gasteiger partial charge < -0.3 is 20.1 Å². The number of hydrogen-bond donors (Lipinski definition) is 2. The molecule has 0 unspecified atom stereocenters. The number of carbonyl (C=O) groups is 1. The zero-order chi connectivity index (χ0) is 25.6. The van der Waals surface area contributed by atoms with Crippen LogP contribution in [-0.2, 0) is 4.79 Å². The van der Waals surface area contributed by atoms with Crippen LogP contribution in [0.15, 0.2) is 60.7 Å². The van der Waals surface area contributed by atoms with Gasteiger partial charge in [-0.2, -0.15) is 0 Å². The van der Waals surface area contributed by atoms with Crippen LogP contribution in [0.25, 0.3) is 0 Å². The van der Waals surface area contributed by atoms with Crippen molar-refractivity contribution in [2.24, 2.45) is 5.92 Å². The minimum absolute atomic E-state index is 0.144. The Morgan fingerprint density at radius 3 is 2.58 bits per heavy atom. The van der Waals surface area contributed by atoms with Crippen LogP contribution in [-0.4, -0.2) is 23.4 Å². The molecular weight excluding hydrogens is 470 g/mol. The number of ether oxygens (including phenoxy) is 2. The van der Waals surface area contributed by atoms with Crippen LogP contribution >= 0.6 is 12.2 Å². The van der Waals surface area contributed by atoms with Crippen molar-refractivity contribution >= 4 is 34.6 Å². The number of nitrogens with one attached hydrogen (secondary N) is 2. The minimum atomic E-state index is -1.11. The van der Waals surface area contributed by atoms with E-state index in [0.717, 1.165) is 33.6 Å². The maximum Gasteiger partial charge on any atom is 0.236 e. The number of nitrogens with zero attached hydrogens (tertiary/aromatic N) is 1. The molecule has 2 N–H and O–H groups in total. The minimum Gasteiger partial charge on any atom is -0.490 e. The highest BCUT2D eigenvalue weighted by Crippen LogP contribution is 2.52. The summed E-state index contributed by atoms with van der Waals surface area (Å²) in [7, 11) is 0. The van der Waals surface area contributed by atoms with E-state index < -0.39 is 17.7 Å². The van der Waals surface area contributed by atoms with Crippen molar-refractivity contribution in [3.8, 4) is 11.5 Å². The lowest BCUT2D eigenvalue weighted by molar-refractivity contribution is -0.130. The molecule has 6 nitrogen and oxygen atoms in total. The SMILES string of the molecule is CCOc1cccc2c1O[C@@]1(C)[C@H](C(=O)Nc3ccc(C)cc3C)[C@H]2NC(=S)N1c1cccc(C)c1. The molecule has 0 aliphatic carbocycles. The Balaban J connectivity index is 1.65. The van der Waals surface area contributed by atoms with Crippen LogP contribution in [0.1, 0.15) is 42.1 Å². The van der Waals surface area contributed by atoms with Crippen LogP contribution in [0.2, 0.25) is 0 Å². The van der Waals surface area contributed by atoms with Gasteiger partial charge in [-0.3, -0.25) is 9.69 Å². The van der Waals surface area contributed by atoms with Gasteiger partial charge in [0.05, 0.1) is 12.6 Å². The van der Waals surface area contributed by atoms with E-state index in [9.17, 15) is 4.79 Å². The second-order valence-electron chi connectivity index (χ2n) is 9.65. The number of hydrogen-bond acceptors (Lipinski definition) is 4. The molecule has 2 aliphatic rings. The number of benzene rings is 3. The van der Waals surface area contributed by atoms with E-state index in [4.69, 9.17) is 21.7 Å². The molecular formula is C29H31N3O3S. The number of aryl methyl sites for hydroxylation is 3. The lowest BCUT2D eigenvalue weighted by Crippen LogP contribution is -2.72. The van der Waals surface area contributed by atoms with Gasteiger partial charge in [-0.05, 0) is 82.2 Å². The molecule has 0 aromatic heterocycles. The van der Waals surface area contributed by atoms with Crippen LogP contribution in [0.5, 0.6) is 11.5 Å². The van der Waals surface area contributed by atoms with Gasteiger partial charge in [0.2, 0.25) is 5.91 Å². The number of anilines is 2. The first-order valence-electron chi connectivity index (χ1n) is 12.2. The molecule has 7 heteroatoms. The first kappa shape index (κ1) is 24.1. The molecule has 0 saturated carbocycles. The Bertz CT molecular complexity index is 1360. The van der Waals surface area contributed by atoms with Gasteiger partial charge in [0.15, 0.2) is 22.3 Å². The summed E-state index contributed by atoms with van der Waals surface area (Å²) < 4.78 is 12.7. The molecule has 2 bridgehead atoms. The monoisotopic (exact) mass is 501 g/mol. The molecule has 0 spiro atoms. The Hall–Kier alpha value is -3.58. The van der Waals surface area contributed by atoms with Crippen molar-refractivity contribution < 1.29 is 14.3 Å². The van der Waals surface area contributed by atoms with Gasteiger partial charge in [0, 0.05) is 16.9 Å². The third-order valence-electron chi connectivity index (χ3n) is 6.97. The van der Waals surface area contributed by atoms with Crippen molar-refractivity contribution in [2.45, 2.75) is 46.4 Å². The second-order valence-corrected chi connectivity index (χ2v) is 10.0. The fourth-order valence-electron chi connectivity index (χ4n) is 5.36. The van der Waals surface area contributed by atoms with E-state index in [2.05, 4.69) is 16.7 Å². The maximum absolute atomic E-state index is 14.1.